The van der Waals surface area contributed by atoms with Crippen molar-refractivity contribution in [2.45, 2.75) is 115 Å². The van der Waals surface area contributed by atoms with Crippen molar-refractivity contribution in [2.75, 3.05) is 6.54 Å². The number of benzene rings is 1. The topological polar surface area (TPSA) is 318 Å². The largest absolute Gasteiger partial charge is 0.480 e. The van der Waals surface area contributed by atoms with E-state index in [2.05, 4.69) is 41.9 Å². The van der Waals surface area contributed by atoms with Crippen LogP contribution < -0.4 is 32.7 Å². The fourth-order valence-electron chi connectivity index (χ4n) is 6.13. The van der Waals surface area contributed by atoms with Gasteiger partial charge in [-0.2, -0.15) is 5.21 Å². The second kappa shape index (κ2) is 20.3. The third kappa shape index (κ3) is 12.8. The minimum Gasteiger partial charge on any atom is -0.480 e. The first-order valence-electron chi connectivity index (χ1n) is 18.2. The van der Waals surface area contributed by atoms with Crippen LogP contribution >= 0.6 is 0 Å². The number of hydrogen-bond acceptors (Lipinski definition) is 12. The quantitative estimate of drug-likeness (QED) is 0.0711. The highest BCUT2D eigenvalue weighted by Gasteiger charge is 2.40. The number of aromatic nitrogens is 4. The summed E-state index contributed by atoms with van der Waals surface area (Å²) in [5.41, 5.74) is 13.1. The van der Waals surface area contributed by atoms with E-state index in [0.29, 0.717) is 17.8 Å². The predicted octanol–water partition coefficient (Wildman–Crippen LogP) is -1.90. The number of aromatic amines is 1. The number of aliphatic hydroxyl groups excluding tert-OH is 1. The molecule has 6 amide bonds. The molecule has 55 heavy (non-hydrogen) atoms. The van der Waals surface area contributed by atoms with Crippen molar-refractivity contribution in [1.29, 1.82) is 0 Å². The summed E-state index contributed by atoms with van der Waals surface area (Å²) in [7, 11) is 0. The minimum atomic E-state index is -1.62. The van der Waals surface area contributed by atoms with Crippen LogP contribution in [0.4, 0.5) is 0 Å². The van der Waals surface area contributed by atoms with Crippen LogP contribution in [0.1, 0.15) is 72.3 Å². The van der Waals surface area contributed by atoms with Gasteiger partial charge in [-0.15, -0.1) is 10.2 Å². The third-order valence-electron chi connectivity index (χ3n) is 9.12. The zero-order chi connectivity index (χ0) is 41.0. The van der Waals surface area contributed by atoms with E-state index in [9.17, 15) is 43.8 Å². The van der Waals surface area contributed by atoms with Gasteiger partial charge in [0, 0.05) is 18.5 Å². The van der Waals surface area contributed by atoms with Gasteiger partial charge in [-0.25, -0.2) is 4.79 Å². The van der Waals surface area contributed by atoms with Crippen LogP contribution in [-0.4, -0.2) is 126 Å². The number of hydrogen-bond donors (Lipinski definition) is 9. The standard InChI is InChI=1S/C35H53N11O9/c1-17(2)15-24(39-30(49)22(36)16-20-8-10-21(11-9-20)29-42-44-45-43-29)34(53)46-14-6-7-25(46)32(51)38-23(12-13-26(37)48)31(50)41-28(19(5)47)33(52)40-27(18(3)4)35(54)55/h8-11,17-19,22-25,27-28,47H,6-7,12-16,36H2,1-5H3,(H2,37,48)(H,38,51)(H,39,49)(H,40,52)(H,41,50)(H,54,55)(H,42,43,44,45)/t19-,22+,23+,24+,25+,27+,28+/m1/s1. The van der Waals surface area contributed by atoms with E-state index in [-0.39, 0.29) is 44.6 Å². The first-order valence-corrected chi connectivity index (χ1v) is 18.2. The van der Waals surface area contributed by atoms with E-state index in [1.54, 1.807) is 38.1 Å². The van der Waals surface area contributed by atoms with Gasteiger partial charge in [-0.3, -0.25) is 28.8 Å². The maximum Gasteiger partial charge on any atom is 0.326 e. The molecule has 20 heteroatoms. The lowest BCUT2D eigenvalue weighted by Gasteiger charge is -2.31. The molecular weight excluding hydrogens is 718 g/mol. The summed E-state index contributed by atoms with van der Waals surface area (Å²) in [6.45, 7) is 8.28. The molecule has 1 aliphatic rings. The lowest BCUT2D eigenvalue weighted by atomic mass is 10.00. The molecule has 1 saturated heterocycles. The van der Waals surface area contributed by atoms with Crippen LogP contribution in [0.25, 0.3) is 11.4 Å². The molecule has 2 aromatic rings. The SMILES string of the molecule is CC(C)C[C@H](NC(=O)[C@@H](N)Cc1ccc(-c2nn[nH]n2)cc1)C(=O)N1CCC[C@H]1C(=O)N[C@@H](CCC(N)=O)C(=O)N[C@H](C(=O)N[C@H](C(=O)O)C(C)C)[C@@H](C)O. The first-order chi connectivity index (χ1) is 25.9. The van der Waals surface area contributed by atoms with Crippen molar-refractivity contribution in [3.05, 3.63) is 29.8 Å². The zero-order valence-electron chi connectivity index (χ0n) is 31.7. The third-order valence-corrected chi connectivity index (χ3v) is 9.12. The Labute approximate surface area is 318 Å². The molecule has 1 aliphatic heterocycles. The van der Waals surface area contributed by atoms with E-state index in [1.807, 2.05) is 13.8 Å². The lowest BCUT2D eigenvalue weighted by Crippen LogP contribution is -2.61. The molecule has 0 radical (unpaired) electrons. The molecule has 7 atom stereocenters. The molecule has 0 unspecified atom stereocenters. The van der Waals surface area contributed by atoms with Crippen LogP contribution in [0.2, 0.25) is 0 Å². The average molecular weight is 772 g/mol. The summed E-state index contributed by atoms with van der Waals surface area (Å²) in [5.74, 6) is -5.98. The summed E-state index contributed by atoms with van der Waals surface area (Å²) < 4.78 is 0. The molecule has 0 bridgehead atoms. The lowest BCUT2D eigenvalue weighted by molar-refractivity contribution is -0.144. The van der Waals surface area contributed by atoms with Crippen LogP contribution in [0.5, 0.6) is 0 Å². The van der Waals surface area contributed by atoms with Crippen molar-refractivity contribution < 1.29 is 43.8 Å². The number of aliphatic hydroxyl groups is 1. The van der Waals surface area contributed by atoms with E-state index >= 15 is 0 Å². The molecule has 11 N–H and O–H groups in total. The number of carboxylic acid groups (broad SMARTS) is 1. The number of carbonyl (C=O) groups excluding carboxylic acids is 6. The number of carbonyl (C=O) groups is 7. The fourth-order valence-corrected chi connectivity index (χ4v) is 6.13. The van der Waals surface area contributed by atoms with Crippen LogP contribution in [0, 0.1) is 11.8 Å². The summed E-state index contributed by atoms with van der Waals surface area (Å²) in [6, 6.07) is -0.350. The number of amides is 6. The van der Waals surface area contributed by atoms with Gasteiger partial charge >= 0.3 is 5.97 Å². The molecule has 1 aromatic carbocycles. The number of H-pyrrole nitrogens is 1. The Morgan fingerprint density at radius 2 is 1.56 bits per heavy atom. The summed E-state index contributed by atoms with van der Waals surface area (Å²) in [6.07, 6.45) is -1.02. The molecule has 2 heterocycles. The van der Waals surface area contributed by atoms with Gasteiger partial charge in [-0.05, 0) is 61.6 Å². The molecule has 0 aliphatic carbocycles. The van der Waals surface area contributed by atoms with Crippen LogP contribution in [0.15, 0.2) is 24.3 Å². The van der Waals surface area contributed by atoms with Gasteiger partial charge in [0.1, 0.15) is 30.2 Å². The normalized spacial score (nSPS) is 17.4. The van der Waals surface area contributed by atoms with Crippen molar-refractivity contribution in [3.63, 3.8) is 0 Å². The van der Waals surface area contributed by atoms with Crippen molar-refractivity contribution in [1.82, 2.24) is 46.8 Å². The highest BCUT2D eigenvalue weighted by atomic mass is 16.4. The maximum absolute atomic E-state index is 14.0. The van der Waals surface area contributed by atoms with Crippen molar-refractivity contribution >= 4 is 41.4 Å². The summed E-state index contributed by atoms with van der Waals surface area (Å²) >= 11 is 0. The number of primary amides is 1. The van der Waals surface area contributed by atoms with Gasteiger partial charge in [0.05, 0.1) is 12.1 Å². The van der Waals surface area contributed by atoms with Gasteiger partial charge in [0.2, 0.25) is 41.3 Å². The zero-order valence-corrected chi connectivity index (χ0v) is 31.7. The highest BCUT2D eigenvalue weighted by molar-refractivity contribution is 5.97. The second-order valence-electron chi connectivity index (χ2n) is 14.5. The number of carboxylic acids is 1. The highest BCUT2D eigenvalue weighted by Crippen LogP contribution is 2.22. The summed E-state index contributed by atoms with van der Waals surface area (Å²) in [4.78, 5) is 92.1. The van der Waals surface area contributed by atoms with E-state index in [0.717, 1.165) is 5.56 Å². The number of nitrogens with one attached hydrogen (secondary N) is 5. The van der Waals surface area contributed by atoms with E-state index in [4.69, 9.17) is 11.5 Å². The Balaban J connectivity index is 1.72. The Hall–Kier alpha value is -5.50. The Morgan fingerprint density at radius 1 is 0.909 bits per heavy atom. The Morgan fingerprint density at radius 3 is 2.11 bits per heavy atom. The second-order valence-corrected chi connectivity index (χ2v) is 14.5. The molecule has 1 fully saturated rings. The van der Waals surface area contributed by atoms with Gasteiger partial charge in [-0.1, -0.05) is 52.0 Å². The average Bonchev–Trinajstić information content (AvgIpc) is 3.83. The Bertz CT molecular complexity index is 1650. The molecule has 0 saturated carbocycles. The van der Waals surface area contributed by atoms with Gasteiger partial charge in [0.25, 0.3) is 0 Å². The molecular formula is C35H53N11O9. The molecule has 302 valence electrons. The van der Waals surface area contributed by atoms with E-state index < -0.39 is 89.7 Å². The minimum absolute atomic E-state index is 0.0368. The van der Waals surface area contributed by atoms with Crippen molar-refractivity contribution in [2.24, 2.45) is 23.3 Å². The number of aliphatic carboxylic acids is 1. The number of likely N-dealkylation sites (tertiary alicyclic amines) is 1. The van der Waals surface area contributed by atoms with Gasteiger partial charge < -0.3 is 47.8 Å². The fraction of sp³-hybridized carbons (Fsp3) is 0.600. The first kappa shape index (κ1) is 43.9. The summed E-state index contributed by atoms with van der Waals surface area (Å²) in [5, 5.41) is 43.6. The maximum atomic E-state index is 14.0. The van der Waals surface area contributed by atoms with Gasteiger partial charge in [0.15, 0.2) is 0 Å². The van der Waals surface area contributed by atoms with Crippen LogP contribution in [-0.2, 0) is 40.0 Å². The smallest absolute Gasteiger partial charge is 0.326 e. The predicted molar refractivity (Wildman–Crippen MR) is 196 cm³/mol. The van der Waals surface area contributed by atoms with Crippen LogP contribution in [0.3, 0.4) is 0 Å². The molecule has 3 rings (SSSR count). The number of nitrogens with zero attached hydrogens (tertiary/aromatic N) is 4. The van der Waals surface area contributed by atoms with E-state index in [1.165, 1.54) is 11.8 Å². The molecule has 0 spiro atoms. The Kier molecular flexibility index (Phi) is 16.2. The number of rotatable bonds is 20. The monoisotopic (exact) mass is 771 g/mol. The number of nitrogens with two attached hydrogens (primary N) is 2. The number of tetrazole rings is 1. The molecule has 1 aromatic heterocycles. The molecule has 20 nitrogen and oxygen atoms in total. The van der Waals surface area contributed by atoms with Crippen molar-refractivity contribution in [3.8, 4) is 11.4 Å².